The van der Waals surface area contributed by atoms with E-state index in [4.69, 9.17) is 16.3 Å². The summed E-state index contributed by atoms with van der Waals surface area (Å²) in [4.78, 5) is 12.2. The minimum absolute atomic E-state index is 0.154. The maximum atomic E-state index is 12.2. The number of ketones is 1. The molecule has 0 aromatic heterocycles. The Kier molecular flexibility index (Phi) is 4.28. The van der Waals surface area contributed by atoms with E-state index in [1.54, 1.807) is 0 Å². The molecule has 0 atom stereocenters. The lowest BCUT2D eigenvalue weighted by molar-refractivity contribution is -0.122. The fraction of sp³-hybridized carbons (Fsp3) is 0.533. The van der Waals surface area contributed by atoms with E-state index < -0.39 is 0 Å². The second-order valence-corrected chi connectivity index (χ2v) is 5.24. The predicted molar refractivity (Wildman–Crippen MR) is 73.4 cm³/mol. The molecular weight excluding hydrogens is 248 g/mol. The van der Waals surface area contributed by atoms with Crippen LogP contribution in [0.3, 0.4) is 0 Å². The smallest absolute Gasteiger partial charge is 0.140 e. The van der Waals surface area contributed by atoms with Crippen LogP contribution in [0.2, 0.25) is 5.02 Å². The predicted octanol–water partition coefficient (Wildman–Crippen LogP) is 3.82. The molecule has 0 radical (unpaired) electrons. The molecule has 0 amide bonds. The Morgan fingerprint density at radius 3 is 2.78 bits per heavy atom. The molecule has 1 aromatic rings. The number of Topliss-reactive ketones (excluding diaryl/α,β-unsaturated/α-hetero) is 1. The fourth-order valence-corrected chi connectivity index (χ4v) is 2.82. The molecule has 2 rings (SSSR count). The minimum Gasteiger partial charge on any atom is -0.493 e. The molecule has 0 fully saturated rings. The molecule has 0 spiro atoms. The maximum absolute atomic E-state index is 12.2. The van der Waals surface area contributed by atoms with Gasteiger partial charge in [-0.2, -0.15) is 0 Å². The van der Waals surface area contributed by atoms with Crippen molar-refractivity contribution in [1.82, 2.24) is 0 Å². The molecule has 0 saturated heterocycles. The normalized spacial score (nSPS) is 13.6. The number of carbonyl (C=O) groups excluding carboxylic acids is 1. The lowest BCUT2D eigenvalue weighted by atomic mass is 9.92. The summed E-state index contributed by atoms with van der Waals surface area (Å²) in [6.07, 6.45) is 3.13. The summed E-state index contributed by atoms with van der Waals surface area (Å²) >= 11 is 6.09. The van der Waals surface area contributed by atoms with Gasteiger partial charge in [0, 0.05) is 29.3 Å². The van der Waals surface area contributed by atoms with Crippen molar-refractivity contribution in [2.75, 3.05) is 6.61 Å². The highest BCUT2D eigenvalue weighted by molar-refractivity contribution is 6.30. The molecule has 0 aliphatic carbocycles. The molecule has 3 heteroatoms. The Balaban J connectivity index is 2.22. The van der Waals surface area contributed by atoms with Crippen molar-refractivity contribution in [2.24, 2.45) is 5.92 Å². The van der Waals surface area contributed by atoms with Gasteiger partial charge in [-0.25, -0.2) is 0 Å². The Hall–Kier alpha value is -1.02. The monoisotopic (exact) mass is 266 g/mol. The van der Waals surface area contributed by atoms with Crippen molar-refractivity contribution in [3.8, 4) is 5.75 Å². The van der Waals surface area contributed by atoms with E-state index in [0.29, 0.717) is 23.8 Å². The molecule has 98 valence electrons. The fourth-order valence-electron chi connectivity index (χ4n) is 2.55. The number of hydrogen-bond donors (Lipinski definition) is 0. The first-order valence-corrected chi connectivity index (χ1v) is 7.00. The van der Waals surface area contributed by atoms with Crippen LogP contribution in [0.1, 0.15) is 37.8 Å². The minimum atomic E-state index is 0.154. The molecular formula is C15H19ClO2. The Labute approximate surface area is 113 Å². The van der Waals surface area contributed by atoms with Crippen LogP contribution in [-0.2, 0) is 17.6 Å². The third kappa shape index (κ3) is 2.69. The van der Waals surface area contributed by atoms with Crippen LogP contribution in [0.4, 0.5) is 0 Å². The third-order valence-corrected chi connectivity index (χ3v) is 3.85. The van der Waals surface area contributed by atoms with Crippen molar-refractivity contribution in [3.63, 3.8) is 0 Å². The number of halogens is 1. The van der Waals surface area contributed by atoms with E-state index in [0.717, 1.165) is 36.1 Å². The van der Waals surface area contributed by atoms with E-state index in [2.05, 4.69) is 13.8 Å². The summed E-state index contributed by atoms with van der Waals surface area (Å²) in [7, 11) is 0. The molecule has 1 heterocycles. The average Bonchev–Trinajstić information content (AvgIpc) is 2.78. The highest BCUT2D eigenvalue weighted by atomic mass is 35.5. The summed E-state index contributed by atoms with van der Waals surface area (Å²) in [6, 6.07) is 3.81. The van der Waals surface area contributed by atoms with Crippen LogP contribution in [0.5, 0.6) is 5.75 Å². The van der Waals surface area contributed by atoms with E-state index in [-0.39, 0.29) is 5.92 Å². The number of hydrogen-bond acceptors (Lipinski definition) is 2. The maximum Gasteiger partial charge on any atom is 0.140 e. The summed E-state index contributed by atoms with van der Waals surface area (Å²) in [5, 5.41) is 0.701. The first-order chi connectivity index (χ1) is 8.65. The number of carbonyl (C=O) groups is 1. The average molecular weight is 267 g/mol. The van der Waals surface area contributed by atoms with E-state index >= 15 is 0 Å². The number of benzene rings is 1. The van der Waals surface area contributed by atoms with E-state index in [9.17, 15) is 4.79 Å². The number of fused-ring (bicyclic) bond motifs is 1. The van der Waals surface area contributed by atoms with Gasteiger partial charge in [0.15, 0.2) is 0 Å². The summed E-state index contributed by atoms with van der Waals surface area (Å²) in [6.45, 7) is 4.82. The summed E-state index contributed by atoms with van der Waals surface area (Å²) < 4.78 is 5.62. The number of rotatable bonds is 5. The highest BCUT2D eigenvalue weighted by Gasteiger charge is 2.21. The lowest BCUT2D eigenvalue weighted by Crippen LogP contribution is -2.15. The second-order valence-electron chi connectivity index (χ2n) is 4.81. The Morgan fingerprint density at radius 1 is 1.39 bits per heavy atom. The van der Waals surface area contributed by atoms with Crippen LogP contribution in [0.15, 0.2) is 12.1 Å². The van der Waals surface area contributed by atoms with Crippen molar-refractivity contribution in [2.45, 2.75) is 39.5 Å². The molecule has 2 nitrogen and oxygen atoms in total. The lowest BCUT2D eigenvalue weighted by Gasteiger charge is -2.13. The van der Waals surface area contributed by atoms with Gasteiger partial charge in [0.2, 0.25) is 0 Å². The summed E-state index contributed by atoms with van der Waals surface area (Å²) in [5.41, 5.74) is 2.08. The van der Waals surface area contributed by atoms with Gasteiger partial charge in [0.1, 0.15) is 11.5 Å². The Morgan fingerprint density at radius 2 is 2.11 bits per heavy atom. The molecule has 0 unspecified atom stereocenters. The largest absolute Gasteiger partial charge is 0.493 e. The first-order valence-electron chi connectivity index (χ1n) is 6.62. The van der Waals surface area contributed by atoms with E-state index in [1.807, 2.05) is 12.1 Å². The topological polar surface area (TPSA) is 26.3 Å². The standard InChI is InChI=1S/C15H19ClO2/c1-3-10(4-2)14(17)9-12-8-13(16)7-11-5-6-18-15(11)12/h7-8,10H,3-6,9H2,1-2H3. The molecule has 0 bridgehead atoms. The van der Waals surface area contributed by atoms with Gasteiger partial charge in [-0.3, -0.25) is 4.79 Å². The van der Waals surface area contributed by atoms with Crippen LogP contribution < -0.4 is 4.74 Å². The van der Waals surface area contributed by atoms with Crippen molar-refractivity contribution < 1.29 is 9.53 Å². The van der Waals surface area contributed by atoms with Crippen molar-refractivity contribution in [3.05, 3.63) is 28.3 Å². The molecule has 0 saturated carbocycles. The second kappa shape index (κ2) is 5.75. The van der Waals surface area contributed by atoms with Gasteiger partial charge in [-0.15, -0.1) is 0 Å². The number of ether oxygens (including phenoxy) is 1. The first kappa shape index (κ1) is 13.4. The van der Waals surface area contributed by atoms with E-state index in [1.165, 1.54) is 0 Å². The van der Waals surface area contributed by atoms with Gasteiger partial charge >= 0.3 is 0 Å². The zero-order chi connectivity index (χ0) is 13.1. The van der Waals surface area contributed by atoms with Gasteiger partial charge in [-0.05, 0) is 30.5 Å². The zero-order valence-electron chi connectivity index (χ0n) is 11.0. The molecule has 18 heavy (non-hydrogen) atoms. The zero-order valence-corrected chi connectivity index (χ0v) is 11.7. The molecule has 1 aliphatic rings. The van der Waals surface area contributed by atoms with Gasteiger partial charge in [0.05, 0.1) is 6.61 Å². The summed E-state index contributed by atoms with van der Waals surface area (Å²) in [5.74, 6) is 1.33. The van der Waals surface area contributed by atoms with Gasteiger partial charge in [-0.1, -0.05) is 25.4 Å². The molecule has 1 aromatic carbocycles. The van der Waals surface area contributed by atoms with Crippen LogP contribution in [0.25, 0.3) is 0 Å². The molecule has 1 aliphatic heterocycles. The Bertz CT molecular complexity index is 450. The van der Waals surface area contributed by atoms with Crippen molar-refractivity contribution in [1.29, 1.82) is 0 Å². The SMILES string of the molecule is CCC(CC)C(=O)Cc1cc(Cl)cc2c1OCC2. The van der Waals surface area contributed by atoms with Crippen LogP contribution >= 0.6 is 11.6 Å². The van der Waals surface area contributed by atoms with Crippen LogP contribution in [-0.4, -0.2) is 12.4 Å². The quantitative estimate of drug-likeness (QED) is 0.810. The highest BCUT2D eigenvalue weighted by Crippen LogP contribution is 2.33. The third-order valence-electron chi connectivity index (χ3n) is 3.63. The van der Waals surface area contributed by atoms with Crippen molar-refractivity contribution >= 4 is 17.4 Å². The van der Waals surface area contributed by atoms with Crippen LogP contribution in [0, 0.1) is 5.92 Å². The van der Waals surface area contributed by atoms with Gasteiger partial charge in [0.25, 0.3) is 0 Å². The molecule has 0 N–H and O–H groups in total. The van der Waals surface area contributed by atoms with Gasteiger partial charge < -0.3 is 4.74 Å².